The van der Waals surface area contributed by atoms with Crippen molar-refractivity contribution >= 4 is 93.1 Å². The van der Waals surface area contributed by atoms with Crippen LogP contribution in [0.15, 0.2) is 0 Å². The van der Waals surface area contributed by atoms with Crippen molar-refractivity contribution in [3.63, 3.8) is 0 Å². The van der Waals surface area contributed by atoms with Crippen LogP contribution in [0.4, 0.5) is 0 Å². The Labute approximate surface area is 91.2 Å². The predicted molar refractivity (Wildman–Crippen MR) is 32.8 cm³/mol. The molecule has 0 nitrogen and oxygen atoms in total. The van der Waals surface area contributed by atoms with Gasteiger partial charge in [0, 0.05) is 0 Å². The topological polar surface area (TPSA) is 0 Å². The minimum absolute atomic E-state index is 0. The Kier molecular flexibility index (Phi) is 115. The zero-order valence-electron chi connectivity index (χ0n) is 0.707. The van der Waals surface area contributed by atoms with Gasteiger partial charge in [0.15, 0.2) is 17.4 Å². The van der Waals surface area contributed by atoms with E-state index in [9.17, 15) is 0 Å². The Morgan fingerprint density at radius 1 is 1.00 bits per heavy atom. The second kappa shape index (κ2) is 16.6. The second-order valence-corrected chi connectivity index (χ2v) is 0. The van der Waals surface area contributed by atoms with E-state index in [-0.39, 0.29) is 93.1 Å². The van der Waals surface area contributed by atoms with Crippen LogP contribution in [-0.2, 0) is 0 Å². The molecule has 0 amide bonds. The zero-order valence-corrected chi connectivity index (χ0v) is 6.20. The van der Waals surface area contributed by atoms with Crippen LogP contribution < -0.4 is 0 Å². The van der Waals surface area contributed by atoms with E-state index in [0.29, 0.717) is 0 Å². The summed E-state index contributed by atoms with van der Waals surface area (Å²) < 4.78 is 0. The molecule has 0 saturated carbocycles. The molecule has 2 radical (unpaired) electrons. The van der Waals surface area contributed by atoms with Gasteiger partial charge in [0.1, 0.15) is 0 Å². The van der Waals surface area contributed by atoms with Crippen molar-refractivity contribution in [2.45, 2.75) is 0 Å². The summed E-state index contributed by atoms with van der Waals surface area (Å²) >= 11 is 0. The first-order chi connectivity index (χ1) is 0. The average molecular weight is 271 g/mol. The summed E-state index contributed by atoms with van der Waals surface area (Å²) in [6, 6.07) is 0. The molecular weight excluding hydrogens is 264 g/mol. The second-order valence-electron chi connectivity index (χ2n) is 0. The van der Waals surface area contributed by atoms with Crippen molar-refractivity contribution < 1.29 is 0 Å². The van der Waals surface area contributed by atoms with Crippen molar-refractivity contribution in [1.29, 1.82) is 0 Å². The van der Waals surface area contributed by atoms with Crippen molar-refractivity contribution in [3.8, 4) is 0 Å². The first-order valence-corrected chi connectivity index (χ1v) is 0. The molecule has 0 rings (SSSR count). The molecule has 0 N–H and O–H groups in total. The normalized spacial score (nSPS) is 0. The van der Waals surface area contributed by atoms with Gasteiger partial charge in [0.05, 0.1) is 0 Å². The monoisotopic (exact) mass is 272 g/mol. The van der Waals surface area contributed by atoms with E-state index in [1.807, 2.05) is 0 Å². The van der Waals surface area contributed by atoms with Gasteiger partial charge in [0.2, 0.25) is 0 Å². The van der Waals surface area contributed by atoms with Crippen molar-refractivity contribution in [3.05, 3.63) is 0 Å². The molecule has 0 aliphatic rings. The zero-order chi connectivity index (χ0) is 0. The standard InChI is InChI=1S/Al.Li.Na.Pb.7H. The fourth-order valence-electron chi connectivity index (χ4n) is 0. The van der Waals surface area contributed by atoms with Gasteiger partial charge in [0.25, 0.3) is 0 Å². The summed E-state index contributed by atoms with van der Waals surface area (Å²) in [7, 11) is 0. The Bertz CT molecular complexity index is 8.00. The van der Waals surface area contributed by atoms with Crippen LogP contribution in [0.25, 0.3) is 0 Å². The summed E-state index contributed by atoms with van der Waals surface area (Å²) in [6.45, 7) is 0. The SMILES string of the molecule is [AlH3].[LiH].[NaH].[PbH2]. The number of hydrogen-bond donors (Lipinski definition) is 0. The van der Waals surface area contributed by atoms with Gasteiger partial charge in [-0.1, -0.05) is 0 Å². The molecule has 0 aromatic carbocycles. The summed E-state index contributed by atoms with van der Waals surface area (Å²) in [5.41, 5.74) is 0. The quantitative estimate of drug-likeness (QED) is 0.403. The average Bonchev–Trinajstić information content (AvgIpc) is 0. The molecule has 4 heteroatoms. The first-order valence-electron chi connectivity index (χ1n) is 0. The fraction of sp³-hybridized carbons (Fsp3) is 0. The van der Waals surface area contributed by atoms with Crippen LogP contribution in [0.1, 0.15) is 0 Å². The fourth-order valence-corrected chi connectivity index (χ4v) is 0. The number of rotatable bonds is 0. The third kappa shape index (κ3) is 8.90. The maximum absolute atomic E-state index is 0. The van der Waals surface area contributed by atoms with E-state index in [2.05, 4.69) is 0 Å². The van der Waals surface area contributed by atoms with Crippen LogP contribution in [0, 0.1) is 0 Å². The molecule has 0 aliphatic carbocycles. The van der Waals surface area contributed by atoms with Crippen LogP contribution in [0.3, 0.4) is 0 Å². The van der Waals surface area contributed by atoms with Crippen LogP contribution >= 0.6 is 0 Å². The van der Waals surface area contributed by atoms with Gasteiger partial charge in [-0.25, -0.2) is 0 Å². The minimum atomic E-state index is 0. The summed E-state index contributed by atoms with van der Waals surface area (Å²) in [4.78, 5) is 0. The van der Waals surface area contributed by atoms with E-state index < -0.39 is 0 Å². The molecule has 0 saturated heterocycles. The molecular formula is H7AlLiNaPb. The van der Waals surface area contributed by atoms with Crippen LogP contribution in [0.5, 0.6) is 0 Å². The van der Waals surface area contributed by atoms with Crippen molar-refractivity contribution in [2.24, 2.45) is 0 Å². The van der Waals surface area contributed by atoms with Gasteiger partial charge >= 0.3 is 75.7 Å². The first kappa shape index (κ1) is 27.7. The number of hydrogen-bond acceptors (Lipinski definition) is 0. The third-order valence-corrected chi connectivity index (χ3v) is 0. The molecule has 0 heterocycles. The van der Waals surface area contributed by atoms with E-state index in [1.54, 1.807) is 0 Å². The van der Waals surface area contributed by atoms with Gasteiger partial charge in [-0.3, -0.25) is 0 Å². The Balaban J connectivity index is 0. The Morgan fingerprint density at radius 2 is 1.00 bits per heavy atom. The van der Waals surface area contributed by atoms with Gasteiger partial charge in [-0.05, 0) is 0 Å². The van der Waals surface area contributed by atoms with E-state index in [1.165, 1.54) is 0 Å². The summed E-state index contributed by atoms with van der Waals surface area (Å²) in [5, 5.41) is 0. The van der Waals surface area contributed by atoms with Crippen LogP contribution in [0.2, 0.25) is 0 Å². The van der Waals surface area contributed by atoms with Gasteiger partial charge in [-0.2, -0.15) is 0 Å². The van der Waals surface area contributed by atoms with E-state index in [4.69, 9.17) is 0 Å². The van der Waals surface area contributed by atoms with Gasteiger partial charge < -0.3 is 0 Å². The predicted octanol–water partition coefficient (Wildman–Crippen LogP) is -3.40. The molecule has 0 aromatic rings. The van der Waals surface area contributed by atoms with Crippen LogP contribution in [-0.4, -0.2) is 93.1 Å². The molecule has 16 valence electrons. The molecule has 0 unspecified atom stereocenters. The van der Waals surface area contributed by atoms with E-state index >= 15 is 0 Å². The molecule has 0 atom stereocenters. The molecule has 0 fully saturated rings. The molecule has 0 bridgehead atoms. The van der Waals surface area contributed by atoms with E-state index in [0.717, 1.165) is 0 Å². The third-order valence-electron chi connectivity index (χ3n) is 0. The Hall–Kier alpha value is 3.05. The molecule has 0 spiro atoms. The van der Waals surface area contributed by atoms with Crippen molar-refractivity contribution in [2.75, 3.05) is 0 Å². The van der Waals surface area contributed by atoms with Gasteiger partial charge in [-0.15, -0.1) is 0 Å². The molecule has 0 aromatic heterocycles. The summed E-state index contributed by atoms with van der Waals surface area (Å²) in [5.74, 6) is 0. The molecule has 4 heavy (non-hydrogen) atoms. The maximum atomic E-state index is 0. The Morgan fingerprint density at radius 3 is 1.00 bits per heavy atom. The molecule has 0 aliphatic heterocycles. The summed E-state index contributed by atoms with van der Waals surface area (Å²) in [6.07, 6.45) is 0. The van der Waals surface area contributed by atoms with Crippen molar-refractivity contribution in [1.82, 2.24) is 0 Å².